The van der Waals surface area contributed by atoms with Gasteiger partial charge in [0.1, 0.15) is 5.82 Å². The number of nitrogens with zero attached hydrogens (tertiary/aromatic N) is 1. The number of benzene rings is 1. The Morgan fingerprint density at radius 2 is 2.14 bits per heavy atom. The monoisotopic (exact) mass is 296 g/mol. The standard InChI is InChI=1S/C14H17FN2O4/c1-8-4-5-17(7-12(8)18)14(21)16-11-3-2-9(13(19)20)6-10(11)15/h2-3,6,8,12,18H,4-5,7H2,1H3,(H,16,21)(H,19,20). The molecule has 6 nitrogen and oxygen atoms in total. The fraction of sp³-hybridized carbons (Fsp3) is 0.429. The Kier molecular flexibility index (Phi) is 4.42. The highest BCUT2D eigenvalue weighted by atomic mass is 19.1. The third kappa shape index (κ3) is 3.49. The van der Waals surface area contributed by atoms with Gasteiger partial charge >= 0.3 is 12.0 Å². The van der Waals surface area contributed by atoms with Crippen LogP contribution in [0.3, 0.4) is 0 Å². The van der Waals surface area contributed by atoms with E-state index in [2.05, 4.69) is 5.32 Å². The van der Waals surface area contributed by atoms with Gasteiger partial charge in [-0.2, -0.15) is 0 Å². The molecule has 1 aromatic rings. The maximum atomic E-state index is 13.7. The lowest BCUT2D eigenvalue weighted by atomic mass is 9.96. The van der Waals surface area contributed by atoms with Gasteiger partial charge in [-0.25, -0.2) is 14.0 Å². The quantitative estimate of drug-likeness (QED) is 0.775. The van der Waals surface area contributed by atoms with Gasteiger partial charge in [0.05, 0.1) is 17.4 Å². The topological polar surface area (TPSA) is 89.9 Å². The first-order valence-corrected chi connectivity index (χ1v) is 6.65. The Morgan fingerprint density at radius 3 is 2.71 bits per heavy atom. The lowest BCUT2D eigenvalue weighted by Crippen LogP contribution is -2.47. The number of likely N-dealkylation sites (tertiary alicyclic amines) is 1. The highest BCUT2D eigenvalue weighted by molar-refractivity contribution is 5.91. The molecule has 0 aliphatic carbocycles. The Balaban J connectivity index is 2.04. The normalized spacial score (nSPS) is 22.0. The Bertz CT molecular complexity index is 564. The summed E-state index contributed by atoms with van der Waals surface area (Å²) in [6.07, 6.45) is 0.0819. The van der Waals surface area contributed by atoms with Crippen LogP contribution in [0, 0.1) is 11.7 Å². The van der Waals surface area contributed by atoms with Crippen molar-refractivity contribution in [2.45, 2.75) is 19.4 Å². The molecule has 1 heterocycles. The van der Waals surface area contributed by atoms with Gasteiger partial charge in [-0.1, -0.05) is 6.92 Å². The molecule has 0 aromatic heterocycles. The number of piperidine rings is 1. The van der Waals surface area contributed by atoms with Crippen LogP contribution in [0.2, 0.25) is 0 Å². The molecule has 114 valence electrons. The number of carbonyl (C=O) groups excluding carboxylic acids is 1. The summed E-state index contributed by atoms with van der Waals surface area (Å²) in [4.78, 5) is 24.1. The van der Waals surface area contributed by atoms with Crippen LogP contribution in [-0.2, 0) is 0 Å². The summed E-state index contributed by atoms with van der Waals surface area (Å²) in [7, 11) is 0. The van der Waals surface area contributed by atoms with E-state index in [-0.39, 0.29) is 23.7 Å². The largest absolute Gasteiger partial charge is 0.478 e. The van der Waals surface area contributed by atoms with E-state index in [4.69, 9.17) is 5.11 Å². The number of anilines is 1. The van der Waals surface area contributed by atoms with E-state index >= 15 is 0 Å². The van der Waals surface area contributed by atoms with Crippen LogP contribution in [0.4, 0.5) is 14.9 Å². The van der Waals surface area contributed by atoms with Crippen LogP contribution >= 0.6 is 0 Å². The molecular formula is C14H17FN2O4. The zero-order valence-corrected chi connectivity index (χ0v) is 11.5. The minimum absolute atomic E-state index is 0.0851. The van der Waals surface area contributed by atoms with Gasteiger partial charge in [0, 0.05) is 13.1 Å². The predicted molar refractivity (Wildman–Crippen MR) is 73.7 cm³/mol. The second-order valence-corrected chi connectivity index (χ2v) is 5.21. The molecule has 0 spiro atoms. The number of urea groups is 1. The molecule has 0 radical (unpaired) electrons. The molecule has 3 N–H and O–H groups in total. The van der Waals surface area contributed by atoms with Crippen molar-refractivity contribution in [3.8, 4) is 0 Å². The number of hydrogen-bond acceptors (Lipinski definition) is 3. The van der Waals surface area contributed by atoms with E-state index in [1.54, 1.807) is 0 Å². The summed E-state index contributed by atoms with van der Waals surface area (Å²) in [5.41, 5.74) is -0.272. The van der Waals surface area contributed by atoms with Crippen LogP contribution < -0.4 is 5.32 Å². The minimum Gasteiger partial charge on any atom is -0.478 e. The number of carboxylic acids is 1. The molecule has 1 aromatic carbocycles. The Hall–Kier alpha value is -2.15. The number of β-amino-alcohol motifs (C(OH)–C–C–N with tert-alkyl or cyclic N) is 1. The summed E-state index contributed by atoms with van der Waals surface area (Å²) < 4.78 is 13.7. The van der Waals surface area contributed by atoms with Crippen molar-refractivity contribution in [2.24, 2.45) is 5.92 Å². The lowest BCUT2D eigenvalue weighted by Gasteiger charge is -2.34. The third-order valence-corrected chi connectivity index (χ3v) is 3.66. The van der Waals surface area contributed by atoms with E-state index in [1.165, 1.54) is 17.0 Å². The molecule has 2 rings (SSSR count). The first-order chi connectivity index (χ1) is 9.88. The number of carboxylic acid groups (broad SMARTS) is 1. The minimum atomic E-state index is -1.24. The van der Waals surface area contributed by atoms with E-state index < -0.39 is 23.9 Å². The number of nitrogens with one attached hydrogen (secondary N) is 1. The van der Waals surface area contributed by atoms with E-state index in [9.17, 15) is 19.1 Å². The molecule has 7 heteroatoms. The van der Waals surface area contributed by atoms with Gasteiger partial charge < -0.3 is 20.4 Å². The van der Waals surface area contributed by atoms with Crippen LogP contribution in [0.5, 0.6) is 0 Å². The van der Waals surface area contributed by atoms with Crippen molar-refractivity contribution < 1.29 is 24.2 Å². The number of hydrogen-bond donors (Lipinski definition) is 3. The fourth-order valence-electron chi connectivity index (χ4n) is 2.18. The molecule has 0 bridgehead atoms. The van der Waals surface area contributed by atoms with Crippen LogP contribution in [0.1, 0.15) is 23.7 Å². The van der Waals surface area contributed by atoms with Gasteiger partial charge in [-0.05, 0) is 30.5 Å². The Morgan fingerprint density at radius 1 is 1.43 bits per heavy atom. The zero-order chi connectivity index (χ0) is 15.6. The number of rotatable bonds is 2. The molecule has 21 heavy (non-hydrogen) atoms. The van der Waals surface area contributed by atoms with E-state index in [0.717, 1.165) is 6.07 Å². The number of halogens is 1. The molecule has 1 aliphatic rings. The predicted octanol–water partition coefficient (Wildman–Crippen LogP) is 1.76. The van der Waals surface area contributed by atoms with Crippen molar-refractivity contribution >= 4 is 17.7 Å². The second-order valence-electron chi connectivity index (χ2n) is 5.21. The highest BCUT2D eigenvalue weighted by Crippen LogP contribution is 2.20. The second kappa shape index (κ2) is 6.09. The number of carbonyl (C=O) groups is 2. The van der Waals surface area contributed by atoms with Crippen molar-refractivity contribution in [1.29, 1.82) is 0 Å². The number of aliphatic hydroxyl groups excluding tert-OH is 1. The first-order valence-electron chi connectivity index (χ1n) is 6.65. The van der Waals surface area contributed by atoms with E-state index in [1.807, 2.05) is 6.92 Å². The number of aromatic carboxylic acids is 1. The number of aliphatic hydroxyl groups is 1. The van der Waals surface area contributed by atoms with Crippen molar-refractivity contribution in [3.63, 3.8) is 0 Å². The van der Waals surface area contributed by atoms with Crippen molar-refractivity contribution in [3.05, 3.63) is 29.6 Å². The first kappa shape index (κ1) is 15.2. The zero-order valence-electron chi connectivity index (χ0n) is 11.5. The van der Waals surface area contributed by atoms with Gasteiger partial charge in [0.2, 0.25) is 0 Å². The van der Waals surface area contributed by atoms with Crippen molar-refractivity contribution in [1.82, 2.24) is 4.90 Å². The maximum absolute atomic E-state index is 13.7. The van der Waals surface area contributed by atoms with E-state index in [0.29, 0.717) is 13.0 Å². The Labute approximate surface area is 121 Å². The van der Waals surface area contributed by atoms with Gasteiger partial charge in [-0.15, -0.1) is 0 Å². The van der Waals surface area contributed by atoms with Crippen molar-refractivity contribution in [2.75, 3.05) is 18.4 Å². The van der Waals surface area contributed by atoms with Gasteiger partial charge in [0.25, 0.3) is 0 Å². The summed E-state index contributed by atoms with van der Waals surface area (Å²) in [6, 6.07) is 2.77. The van der Waals surface area contributed by atoms with Crippen LogP contribution in [0.15, 0.2) is 18.2 Å². The highest BCUT2D eigenvalue weighted by Gasteiger charge is 2.27. The van der Waals surface area contributed by atoms with Crippen LogP contribution in [0.25, 0.3) is 0 Å². The molecule has 2 atom stereocenters. The lowest BCUT2D eigenvalue weighted by molar-refractivity contribution is 0.0463. The average molecular weight is 296 g/mol. The van der Waals surface area contributed by atoms with Crippen LogP contribution in [-0.4, -0.2) is 46.3 Å². The smallest absolute Gasteiger partial charge is 0.335 e. The maximum Gasteiger partial charge on any atom is 0.335 e. The van der Waals surface area contributed by atoms with Gasteiger partial charge in [0.15, 0.2) is 0 Å². The summed E-state index contributed by atoms with van der Waals surface area (Å²) >= 11 is 0. The number of amides is 2. The fourth-order valence-corrected chi connectivity index (χ4v) is 2.18. The molecular weight excluding hydrogens is 279 g/mol. The molecule has 1 fully saturated rings. The average Bonchev–Trinajstić information content (AvgIpc) is 2.43. The third-order valence-electron chi connectivity index (χ3n) is 3.66. The molecule has 1 saturated heterocycles. The summed E-state index contributed by atoms with van der Waals surface area (Å²) in [5.74, 6) is -1.92. The molecule has 2 amide bonds. The molecule has 0 saturated carbocycles. The molecule has 2 unspecified atom stereocenters. The SMILES string of the molecule is CC1CCN(C(=O)Nc2ccc(C(=O)O)cc2F)CC1O. The van der Waals surface area contributed by atoms with Gasteiger partial charge in [-0.3, -0.25) is 0 Å². The molecule has 1 aliphatic heterocycles. The summed E-state index contributed by atoms with van der Waals surface area (Å²) in [6.45, 7) is 2.59. The summed E-state index contributed by atoms with van der Waals surface area (Å²) in [5, 5.41) is 20.9.